The number of anilines is 1. The summed E-state index contributed by atoms with van der Waals surface area (Å²) in [5, 5.41) is 3.38. The quantitative estimate of drug-likeness (QED) is 0.563. The Morgan fingerprint density at radius 3 is 2.48 bits per heavy atom. The van der Waals surface area contributed by atoms with Crippen LogP contribution < -0.4 is 19.5 Å². The van der Waals surface area contributed by atoms with E-state index in [0.717, 1.165) is 0 Å². The number of benzene rings is 2. The predicted molar refractivity (Wildman–Crippen MR) is 109 cm³/mol. The monoisotopic (exact) mass is 417 g/mol. The summed E-state index contributed by atoms with van der Waals surface area (Å²) in [4.78, 5) is 16.7. The average Bonchev–Trinajstić information content (AvgIpc) is 3.20. The van der Waals surface area contributed by atoms with Crippen LogP contribution in [0.3, 0.4) is 0 Å². The summed E-state index contributed by atoms with van der Waals surface area (Å²) in [5.41, 5.74) is 1.15. The number of amides is 1. The molecular formula is C20H20FN3O4S. The molecule has 0 saturated carbocycles. The molecule has 9 heteroatoms. The fourth-order valence-corrected chi connectivity index (χ4v) is 3.47. The van der Waals surface area contributed by atoms with Crippen molar-refractivity contribution in [2.24, 2.45) is 0 Å². The zero-order valence-corrected chi connectivity index (χ0v) is 17.0. The van der Waals surface area contributed by atoms with Gasteiger partial charge in [0.25, 0.3) is 0 Å². The zero-order chi connectivity index (χ0) is 20.8. The first kappa shape index (κ1) is 20.5. The van der Waals surface area contributed by atoms with E-state index in [9.17, 15) is 9.18 Å². The van der Waals surface area contributed by atoms with Gasteiger partial charge in [-0.1, -0.05) is 17.8 Å². The van der Waals surface area contributed by atoms with E-state index in [1.165, 1.54) is 45.2 Å². The Balaban J connectivity index is 1.69. The number of halogens is 1. The number of methoxy groups -OCH3 is 3. The van der Waals surface area contributed by atoms with Crippen molar-refractivity contribution < 1.29 is 23.4 Å². The first-order valence-electron chi connectivity index (χ1n) is 8.57. The van der Waals surface area contributed by atoms with Gasteiger partial charge in [-0.05, 0) is 18.2 Å². The minimum Gasteiger partial charge on any atom is -0.493 e. The number of hydrogen-bond acceptors (Lipinski definition) is 6. The summed E-state index contributed by atoms with van der Waals surface area (Å²) in [6.45, 7) is 0. The SMILES string of the molecule is COc1cc(NC(=O)CSc2nccn2-c2cccc(F)c2)cc(OC)c1OC. The van der Waals surface area contributed by atoms with Crippen LogP contribution >= 0.6 is 11.8 Å². The topological polar surface area (TPSA) is 74.6 Å². The van der Waals surface area contributed by atoms with Crippen LogP contribution in [0, 0.1) is 5.82 Å². The highest BCUT2D eigenvalue weighted by atomic mass is 32.2. The summed E-state index contributed by atoms with van der Waals surface area (Å²) in [6.07, 6.45) is 3.32. The van der Waals surface area contributed by atoms with Crippen molar-refractivity contribution in [3.8, 4) is 22.9 Å². The van der Waals surface area contributed by atoms with Gasteiger partial charge in [0, 0.05) is 30.2 Å². The molecule has 152 valence electrons. The Bertz CT molecular complexity index is 984. The molecule has 0 fully saturated rings. The van der Waals surface area contributed by atoms with Crippen molar-refractivity contribution in [3.63, 3.8) is 0 Å². The van der Waals surface area contributed by atoms with Crippen molar-refractivity contribution in [2.75, 3.05) is 32.4 Å². The normalized spacial score (nSPS) is 10.5. The molecule has 0 spiro atoms. The van der Waals surface area contributed by atoms with Gasteiger partial charge in [0.15, 0.2) is 16.7 Å². The maximum atomic E-state index is 13.5. The largest absolute Gasteiger partial charge is 0.493 e. The number of nitrogens with zero attached hydrogens (tertiary/aromatic N) is 2. The molecule has 1 N–H and O–H groups in total. The lowest BCUT2D eigenvalue weighted by Crippen LogP contribution is -2.15. The number of ether oxygens (including phenoxy) is 3. The molecule has 1 aromatic heterocycles. The second kappa shape index (κ2) is 9.33. The second-order valence-electron chi connectivity index (χ2n) is 5.81. The number of imidazole rings is 1. The third kappa shape index (κ3) is 4.80. The van der Waals surface area contributed by atoms with Crippen LogP contribution in [0.1, 0.15) is 0 Å². The van der Waals surface area contributed by atoms with Crippen molar-refractivity contribution in [1.82, 2.24) is 9.55 Å². The molecule has 0 bridgehead atoms. The van der Waals surface area contributed by atoms with E-state index in [1.807, 2.05) is 0 Å². The van der Waals surface area contributed by atoms with Gasteiger partial charge in [-0.2, -0.15) is 0 Å². The highest BCUT2D eigenvalue weighted by Crippen LogP contribution is 2.40. The molecule has 29 heavy (non-hydrogen) atoms. The van der Waals surface area contributed by atoms with Gasteiger partial charge in [0.1, 0.15) is 5.82 Å². The van der Waals surface area contributed by atoms with E-state index in [0.29, 0.717) is 33.8 Å². The molecule has 0 atom stereocenters. The molecule has 3 rings (SSSR count). The second-order valence-corrected chi connectivity index (χ2v) is 6.75. The molecular weight excluding hydrogens is 397 g/mol. The lowest BCUT2D eigenvalue weighted by Gasteiger charge is -2.14. The molecule has 0 radical (unpaired) electrons. The highest BCUT2D eigenvalue weighted by Gasteiger charge is 2.15. The van der Waals surface area contributed by atoms with Crippen LogP contribution in [0.2, 0.25) is 0 Å². The van der Waals surface area contributed by atoms with Crippen LogP contribution in [0.4, 0.5) is 10.1 Å². The van der Waals surface area contributed by atoms with Crippen LogP contribution in [0.15, 0.2) is 53.9 Å². The minimum atomic E-state index is -0.340. The summed E-state index contributed by atoms with van der Waals surface area (Å²) in [6, 6.07) is 9.47. The van der Waals surface area contributed by atoms with Gasteiger partial charge < -0.3 is 19.5 Å². The van der Waals surface area contributed by atoms with Crippen LogP contribution in [-0.2, 0) is 4.79 Å². The lowest BCUT2D eigenvalue weighted by molar-refractivity contribution is -0.113. The number of nitrogens with one attached hydrogen (secondary N) is 1. The summed E-state index contributed by atoms with van der Waals surface area (Å²) < 4.78 is 31.1. The fraction of sp³-hybridized carbons (Fsp3) is 0.200. The molecule has 3 aromatic rings. The van der Waals surface area contributed by atoms with Crippen molar-refractivity contribution >= 4 is 23.4 Å². The van der Waals surface area contributed by atoms with Gasteiger partial charge in [-0.25, -0.2) is 9.37 Å². The predicted octanol–water partition coefficient (Wildman–Crippen LogP) is 3.77. The van der Waals surface area contributed by atoms with Gasteiger partial charge in [0.2, 0.25) is 11.7 Å². The van der Waals surface area contributed by atoms with E-state index in [4.69, 9.17) is 14.2 Å². The molecule has 0 unspecified atom stereocenters. The maximum absolute atomic E-state index is 13.5. The summed E-state index contributed by atoms with van der Waals surface area (Å²) >= 11 is 1.24. The van der Waals surface area contributed by atoms with E-state index in [1.54, 1.807) is 41.2 Å². The summed E-state index contributed by atoms with van der Waals surface area (Å²) in [5.74, 6) is 0.862. The number of carbonyl (C=O) groups excluding carboxylic acids is 1. The Hall–Kier alpha value is -3.20. The molecule has 0 aliphatic heterocycles. The molecule has 0 aliphatic rings. The number of aromatic nitrogens is 2. The first-order valence-corrected chi connectivity index (χ1v) is 9.56. The number of hydrogen-bond donors (Lipinski definition) is 1. The molecule has 1 heterocycles. The fourth-order valence-electron chi connectivity index (χ4n) is 2.70. The van der Waals surface area contributed by atoms with Gasteiger partial charge in [0.05, 0.1) is 32.8 Å². The minimum absolute atomic E-state index is 0.114. The number of rotatable bonds is 8. The molecule has 7 nitrogen and oxygen atoms in total. The Morgan fingerprint density at radius 2 is 1.86 bits per heavy atom. The van der Waals surface area contributed by atoms with Crippen LogP contribution in [0.5, 0.6) is 17.2 Å². The van der Waals surface area contributed by atoms with Crippen LogP contribution in [0.25, 0.3) is 5.69 Å². The Labute approximate surface area is 171 Å². The van der Waals surface area contributed by atoms with E-state index < -0.39 is 0 Å². The van der Waals surface area contributed by atoms with Crippen molar-refractivity contribution in [3.05, 3.63) is 54.6 Å². The Morgan fingerprint density at radius 1 is 1.14 bits per heavy atom. The highest BCUT2D eigenvalue weighted by molar-refractivity contribution is 7.99. The van der Waals surface area contributed by atoms with E-state index in [2.05, 4.69) is 10.3 Å². The van der Waals surface area contributed by atoms with Crippen molar-refractivity contribution in [1.29, 1.82) is 0 Å². The van der Waals surface area contributed by atoms with E-state index in [-0.39, 0.29) is 17.5 Å². The van der Waals surface area contributed by atoms with E-state index >= 15 is 0 Å². The lowest BCUT2D eigenvalue weighted by atomic mass is 10.2. The molecule has 2 aromatic carbocycles. The molecule has 1 amide bonds. The first-order chi connectivity index (χ1) is 14.0. The number of thioether (sulfide) groups is 1. The third-order valence-electron chi connectivity index (χ3n) is 3.97. The zero-order valence-electron chi connectivity index (χ0n) is 16.1. The third-order valence-corrected chi connectivity index (χ3v) is 4.94. The summed E-state index contributed by atoms with van der Waals surface area (Å²) in [7, 11) is 4.52. The average molecular weight is 417 g/mol. The van der Waals surface area contributed by atoms with Gasteiger partial charge in [-0.15, -0.1) is 0 Å². The maximum Gasteiger partial charge on any atom is 0.234 e. The van der Waals surface area contributed by atoms with Crippen LogP contribution in [-0.4, -0.2) is 42.5 Å². The van der Waals surface area contributed by atoms with Crippen molar-refractivity contribution in [2.45, 2.75) is 5.16 Å². The number of carbonyl (C=O) groups is 1. The standard InChI is InChI=1S/C20H20FN3O4S/c1-26-16-10-14(11-17(27-2)19(16)28-3)23-18(25)12-29-20-22-7-8-24(20)15-6-4-5-13(21)9-15/h4-11H,12H2,1-3H3,(H,23,25). The van der Waals surface area contributed by atoms with Gasteiger partial charge in [-0.3, -0.25) is 9.36 Å². The van der Waals surface area contributed by atoms with Gasteiger partial charge >= 0.3 is 0 Å². The smallest absolute Gasteiger partial charge is 0.234 e. The molecule has 0 aliphatic carbocycles. The molecule has 0 saturated heterocycles. The Kier molecular flexibility index (Phi) is 6.61.